The zero-order valence-electron chi connectivity index (χ0n) is 13.6. The average molecular weight is 356 g/mol. The van der Waals surface area contributed by atoms with Crippen LogP contribution in [0.3, 0.4) is 0 Å². The Morgan fingerprint density at radius 3 is 2.56 bits per heavy atom. The topological polar surface area (TPSA) is 66.9 Å². The van der Waals surface area contributed by atoms with Crippen LogP contribution in [0.2, 0.25) is 0 Å². The molecule has 0 spiro atoms. The number of hydrogen-bond donors (Lipinski definition) is 2. The standard InChI is InChI=1S/C18H17FN4OS/c1-12(17(24)21-15-5-3-2-4-6-15)20-18-23-22-16(25-18)11-13-7-9-14(19)10-8-13/h2-10,12H,11H2,1H3,(H,20,23)(H,21,24). The molecule has 1 amide bonds. The first-order valence-corrected chi connectivity index (χ1v) is 8.61. The van der Waals surface area contributed by atoms with Crippen LogP contribution in [0.1, 0.15) is 17.5 Å². The van der Waals surface area contributed by atoms with Crippen LogP contribution < -0.4 is 10.6 Å². The molecule has 0 aliphatic carbocycles. The number of hydrogen-bond acceptors (Lipinski definition) is 5. The lowest BCUT2D eigenvalue weighted by Crippen LogP contribution is -2.31. The summed E-state index contributed by atoms with van der Waals surface area (Å²) in [7, 11) is 0. The average Bonchev–Trinajstić information content (AvgIpc) is 3.04. The highest BCUT2D eigenvalue weighted by molar-refractivity contribution is 7.15. The van der Waals surface area contributed by atoms with Gasteiger partial charge in [0.2, 0.25) is 11.0 Å². The van der Waals surface area contributed by atoms with E-state index in [0.29, 0.717) is 11.6 Å². The number of carbonyl (C=O) groups is 1. The molecule has 1 heterocycles. The first kappa shape index (κ1) is 17.0. The van der Waals surface area contributed by atoms with E-state index < -0.39 is 6.04 Å². The van der Waals surface area contributed by atoms with E-state index >= 15 is 0 Å². The van der Waals surface area contributed by atoms with Crippen LogP contribution in [0.25, 0.3) is 0 Å². The summed E-state index contributed by atoms with van der Waals surface area (Å²) in [5.41, 5.74) is 1.70. The van der Waals surface area contributed by atoms with Crippen LogP contribution >= 0.6 is 11.3 Å². The van der Waals surface area contributed by atoms with Gasteiger partial charge in [-0.25, -0.2) is 4.39 Å². The number of para-hydroxylation sites is 1. The Bertz CT molecular complexity index is 836. The Kier molecular flexibility index (Phi) is 5.35. The molecule has 1 atom stereocenters. The first-order chi connectivity index (χ1) is 12.1. The van der Waals surface area contributed by atoms with Gasteiger partial charge in [-0.2, -0.15) is 0 Å². The Balaban J connectivity index is 1.57. The minimum atomic E-state index is -0.452. The van der Waals surface area contributed by atoms with Gasteiger partial charge in [-0.15, -0.1) is 10.2 Å². The zero-order chi connectivity index (χ0) is 17.6. The van der Waals surface area contributed by atoms with Gasteiger partial charge in [0, 0.05) is 12.1 Å². The minimum absolute atomic E-state index is 0.151. The highest BCUT2D eigenvalue weighted by atomic mass is 32.1. The smallest absolute Gasteiger partial charge is 0.246 e. The van der Waals surface area contributed by atoms with E-state index in [4.69, 9.17) is 0 Å². The van der Waals surface area contributed by atoms with Crippen molar-refractivity contribution >= 4 is 28.1 Å². The predicted octanol–water partition coefficient (Wildman–Crippen LogP) is 3.71. The normalized spacial score (nSPS) is 11.8. The molecular formula is C18H17FN4OS. The number of halogens is 1. The zero-order valence-corrected chi connectivity index (χ0v) is 14.4. The Morgan fingerprint density at radius 2 is 1.84 bits per heavy atom. The number of rotatable bonds is 6. The minimum Gasteiger partial charge on any atom is -0.349 e. The van der Waals surface area contributed by atoms with Crippen molar-refractivity contribution in [1.82, 2.24) is 10.2 Å². The number of amides is 1. The van der Waals surface area contributed by atoms with E-state index in [1.165, 1.54) is 23.5 Å². The van der Waals surface area contributed by atoms with E-state index in [2.05, 4.69) is 20.8 Å². The van der Waals surface area contributed by atoms with Gasteiger partial charge >= 0.3 is 0 Å². The summed E-state index contributed by atoms with van der Waals surface area (Å²) in [5.74, 6) is -0.414. The fourth-order valence-electron chi connectivity index (χ4n) is 2.18. The second kappa shape index (κ2) is 7.85. The van der Waals surface area contributed by atoms with E-state index in [0.717, 1.165) is 16.3 Å². The van der Waals surface area contributed by atoms with Crippen LogP contribution in [0.4, 0.5) is 15.2 Å². The van der Waals surface area contributed by atoms with Crippen LogP contribution in [0, 0.1) is 5.82 Å². The second-order valence-corrected chi connectivity index (χ2v) is 6.59. The monoisotopic (exact) mass is 356 g/mol. The number of carbonyl (C=O) groups excluding carboxylic acids is 1. The molecule has 3 rings (SSSR count). The molecule has 2 aromatic carbocycles. The number of nitrogens with zero attached hydrogens (tertiary/aromatic N) is 2. The Hall–Kier alpha value is -2.80. The molecule has 0 aliphatic heterocycles. The lowest BCUT2D eigenvalue weighted by molar-refractivity contribution is -0.116. The largest absolute Gasteiger partial charge is 0.349 e. The molecule has 7 heteroatoms. The maximum absolute atomic E-state index is 12.9. The molecule has 128 valence electrons. The van der Waals surface area contributed by atoms with E-state index in [9.17, 15) is 9.18 Å². The summed E-state index contributed by atoms with van der Waals surface area (Å²) in [4.78, 5) is 12.2. The molecule has 1 aromatic heterocycles. The van der Waals surface area contributed by atoms with Gasteiger partial charge in [-0.1, -0.05) is 41.7 Å². The number of anilines is 2. The SMILES string of the molecule is CC(Nc1nnc(Cc2ccc(F)cc2)s1)C(=O)Nc1ccccc1. The maximum Gasteiger partial charge on any atom is 0.246 e. The van der Waals surface area contributed by atoms with Gasteiger partial charge < -0.3 is 10.6 Å². The highest BCUT2D eigenvalue weighted by Gasteiger charge is 2.15. The van der Waals surface area contributed by atoms with Gasteiger partial charge in [-0.05, 0) is 36.8 Å². The number of benzene rings is 2. The van der Waals surface area contributed by atoms with Gasteiger partial charge in [0.1, 0.15) is 16.9 Å². The molecule has 3 aromatic rings. The van der Waals surface area contributed by atoms with Crippen molar-refractivity contribution in [3.63, 3.8) is 0 Å². The molecule has 0 fully saturated rings. The predicted molar refractivity (Wildman–Crippen MR) is 97.3 cm³/mol. The van der Waals surface area contributed by atoms with Crippen molar-refractivity contribution < 1.29 is 9.18 Å². The van der Waals surface area contributed by atoms with Crippen LogP contribution in [-0.2, 0) is 11.2 Å². The van der Waals surface area contributed by atoms with Crippen LogP contribution in [0.15, 0.2) is 54.6 Å². The van der Waals surface area contributed by atoms with Gasteiger partial charge in [0.05, 0.1) is 0 Å². The summed E-state index contributed by atoms with van der Waals surface area (Å²) in [6, 6.07) is 15.1. The van der Waals surface area contributed by atoms with Crippen molar-refractivity contribution in [2.75, 3.05) is 10.6 Å². The fourth-order valence-corrected chi connectivity index (χ4v) is 3.04. The lowest BCUT2D eigenvalue weighted by Gasteiger charge is -2.12. The molecular weight excluding hydrogens is 339 g/mol. The molecule has 0 aliphatic rings. The maximum atomic E-state index is 12.9. The van der Waals surface area contributed by atoms with Crippen LogP contribution in [-0.4, -0.2) is 22.1 Å². The van der Waals surface area contributed by atoms with Crippen molar-refractivity contribution in [1.29, 1.82) is 0 Å². The van der Waals surface area contributed by atoms with Crippen molar-refractivity contribution in [2.24, 2.45) is 0 Å². The third-order valence-electron chi connectivity index (χ3n) is 3.51. The lowest BCUT2D eigenvalue weighted by atomic mass is 10.2. The third-order valence-corrected chi connectivity index (χ3v) is 4.36. The van der Waals surface area contributed by atoms with Gasteiger partial charge in [0.25, 0.3) is 0 Å². The molecule has 0 bridgehead atoms. The summed E-state index contributed by atoms with van der Waals surface area (Å²) in [6.07, 6.45) is 0.574. The first-order valence-electron chi connectivity index (χ1n) is 7.79. The number of nitrogens with one attached hydrogen (secondary N) is 2. The molecule has 25 heavy (non-hydrogen) atoms. The Morgan fingerprint density at radius 1 is 1.12 bits per heavy atom. The fraction of sp³-hybridized carbons (Fsp3) is 0.167. The highest BCUT2D eigenvalue weighted by Crippen LogP contribution is 2.19. The van der Waals surface area contributed by atoms with Crippen molar-refractivity contribution in [3.05, 3.63) is 71.0 Å². The summed E-state index contributed by atoms with van der Waals surface area (Å²) >= 11 is 1.38. The third kappa shape index (κ3) is 4.84. The Labute approximate surface area is 148 Å². The summed E-state index contributed by atoms with van der Waals surface area (Å²) < 4.78 is 12.9. The summed E-state index contributed by atoms with van der Waals surface area (Å²) in [6.45, 7) is 1.76. The quantitative estimate of drug-likeness (QED) is 0.707. The molecule has 1 unspecified atom stereocenters. The molecule has 0 saturated heterocycles. The van der Waals surface area contributed by atoms with Gasteiger partial charge in [0.15, 0.2) is 0 Å². The van der Waals surface area contributed by atoms with E-state index in [-0.39, 0.29) is 11.7 Å². The van der Waals surface area contributed by atoms with Gasteiger partial charge in [-0.3, -0.25) is 4.79 Å². The molecule has 0 radical (unpaired) electrons. The van der Waals surface area contributed by atoms with Crippen LogP contribution in [0.5, 0.6) is 0 Å². The molecule has 0 saturated carbocycles. The molecule has 2 N–H and O–H groups in total. The van der Waals surface area contributed by atoms with E-state index in [1.54, 1.807) is 19.1 Å². The van der Waals surface area contributed by atoms with Crippen molar-refractivity contribution in [2.45, 2.75) is 19.4 Å². The number of aromatic nitrogens is 2. The molecule has 5 nitrogen and oxygen atoms in total. The second-order valence-electron chi connectivity index (χ2n) is 5.53. The van der Waals surface area contributed by atoms with E-state index in [1.807, 2.05) is 30.3 Å². The van der Waals surface area contributed by atoms with Crippen molar-refractivity contribution in [3.8, 4) is 0 Å². The summed E-state index contributed by atoms with van der Waals surface area (Å²) in [5, 5.41) is 15.4.